The number of piperidine rings is 1. The van der Waals surface area contributed by atoms with Gasteiger partial charge in [0.15, 0.2) is 5.96 Å². The molecule has 0 bridgehead atoms. The Morgan fingerprint density at radius 3 is 2.57 bits per heavy atom. The van der Waals surface area contributed by atoms with Gasteiger partial charge in [-0.3, -0.25) is 9.89 Å². The Bertz CT molecular complexity index is 400. The van der Waals surface area contributed by atoms with Gasteiger partial charge in [-0.15, -0.1) is 11.3 Å². The van der Waals surface area contributed by atoms with Crippen molar-refractivity contribution < 1.29 is 0 Å². The highest BCUT2D eigenvalue weighted by molar-refractivity contribution is 7.09. The lowest BCUT2D eigenvalue weighted by Gasteiger charge is -2.31. The van der Waals surface area contributed by atoms with E-state index in [4.69, 9.17) is 4.99 Å². The van der Waals surface area contributed by atoms with Gasteiger partial charge in [0.25, 0.3) is 0 Å². The topological polar surface area (TPSA) is 39.7 Å². The van der Waals surface area contributed by atoms with E-state index in [0.717, 1.165) is 38.1 Å². The van der Waals surface area contributed by atoms with Crippen molar-refractivity contribution in [2.24, 2.45) is 10.9 Å². The minimum Gasteiger partial charge on any atom is -0.357 e. The van der Waals surface area contributed by atoms with Crippen LogP contribution in [0, 0.1) is 5.92 Å². The maximum Gasteiger partial charge on any atom is 0.191 e. The summed E-state index contributed by atoms with van der Waals surface area (Å²) in [6, 6.07) is 4.38. The number of likely N-dealkylation sites (tertiary alicyclic amines) is 1. The number of hydrogen-bond donors (Lipinski definition) is 2. The van der Waals surface area contributed by atoms with Crippen molar-refractivity contribution in [1.29, 1.82) is 0 Å². The highest BCUT2D eigenvalue weighted by atomic mass is 32.1. The fraction of sp³-hybridized carbons (Fsp3) is 0.688. The molecule has 1 aromatic heterocycles. The van der Waals surface area contributed by atoms with Crippen molar-refractivity contribution in [1.82, 2.24) is 15.5 Å². The first-order valence-corrected chi connectivity index (χ1v) is 8.96. The third kappa shape index (κ3) is 5.67. The number of rotatable bonds is 6. The molecular weight excluding hydrogens is 280 g/mol. The Kier molecular flexibility index (Phi) is 7.03. The van der Waals surface area contributed by atoms with Crippen LogP contribution in [0.15, 0.2) is 22.5 Å². The lowest BCUT2D eigenvalue weighted by Crippen LogP contribution is -2.38. The Morgan fingerprint density at radius 1 is 1.29 bits per heavy atom. The molecule has 1 saturated heterocycles. The molecule has 0 amide bonds. The maximum absolute atomic E-state index is 4.71. The SMILES string of the molecule is CCNC(=NCC1CCN(Cc2cccs2)CC1)NCC. The van der Waals surface area contributed by atoms with Crippen LogP contribution in [0.1, 0.15) is 31.6 Å². The van der Waals surface area contributed by atoms with Crippen molar-refractivity contribution in [2.75, 3.05) is 32.7 Å². The molecule has 1 aliphatic heterocycles. The molecule has 1 fully saturated rings. The normalized spacial score (nSPS) is 16.7. The molecule has 0 atom stereocenters. The summed E-state index contributed by atoms with van der Waals surface area (Å²) in [6.07, 6.45) is 2.53. The molecule has 0 unspecified atom stereocenters. The van der Waals surface area contributed by atoms with E-state index in [0.29, 0.717) is 0 Å². The number of aliphatic imine (C=N–C) groups is 1. The summed E-state index contributed by atoms with van der Waals surface area (Å²) in [5, 5.41) is 8.75. The molecule has 1 aromatic rings. The van der Waals surface area contributed by atoms with Crippen molar-refractivity contribution in [3.8, 4) is 0 Å². The van der Waals surface area contributed by atoms with Crippen LogP contribution in [0.2, 0.25) is 0 Å². The molecule has 2 N–H and O–H groups in total. The van der Waals surface area contributed by atoms with E-state index in [1.54, 1.807) is 0 Å². The van der Waals surface area contributed by atoms with Gasteiger partial charge < -0.3 is 10.6 Å². The fourth-order valence-electron chi connectivity index (χ4n) is 2.68. The van der Waals surface area contributed by atoms with Crippen LogP contribution in [0.25, 0.3) is 0 Å². The van der Waals surface area contributed by atoms with Crippen LogP contribution < -0.4 is 10.6 Å². The standard InChI is InChI=1S/C16H28N4S/c1-3-17-16(18-4-2)19-12-14-7-9-20(10-8-14)13-15-6-5-11-21-15/h5-6,11,14H,3-4,7-10,12-13H2,1-2H3,(H2,17,18,19). The van der Waals surface area contributed by atoms with Gasteiger partial charge in [0.05, 0.1) is 0 Å². The molecule has 118 valence electrons. The maximum atomic E-state index is 4.71. The van der Waals surface area contributed by atoms with Crippen molar-refractivity contribution in [3.63, 3.8) is 0 Å². The second-order valence-corrected chi connectivity index (χ2v) is 6.58. The molecule has 0 aromatic carbocycles. The largest absolute Gasteiger partial charge is 0.357 e. The predicted octanol–water partition coefficient (Wildman–Crippen LogP) is 2.54. The molecule has 1 aliphatic rings. The molecule has 2 rings (SSSR count). The summed E-state index contributed by atoms with van der Waals surface area (Å²) < 4.78 is 0. The van der Waals surface area contributed by atoms with E-state index in [2.05, 4.69) is 46.9 Å². The number of nitrogens with zero attached hydrogens (tertiary/aromatic N) is 2. The van der Waals surface area contributed by atoms with Crippen molar-refractivity contribution in [3.05, 3.63) is 22.4 Å². The number of hydrogen-bond acceptors (Lipinski definition) is 3. The molecule has 0 saturated carbocycles. The Balaban J connectivity index is 1.71. The van der Waals surface area contributed by atoms with Crippen LogP contribution in [-0.4, -0.2) is 43.6 Å². The van der Waals surface area contributed by atoms with Gasteiger partial charge in [-0.1, -0.05) is 6.07 Å². The summed E-state index contributed by atoms with van der Waals surface area (Å²) in [5.41, 5.74) is 0. The fourth-order valence-corrected chi connectivity index (χ4v) is 3.43. The molecule has 4 nitrogen and oxygen atoms in total. The van der Waals surface area contributed by atoms with Crippen LogP contribution in [0.3, 0.4) is 0 Å². The zero-order valence-electron chi connectivity index (χ0n) is 13.3. The molecule has 5 heteroatoms. The Morgan fingerprint density at radius 2 is 2.00 bits per heavy atom. The smallest absolute Gasteiger partial charge is 0.191 e. The summed E-state index contributed by atoms with van der Waals surface area (Å²) >= 11 is 1.86. The minimum absolute atomic E-state index is 0.733. The number of thiophene rings is 1. The molecule has 0 spiro atoms. The molecule has 2 heterocycles. The number of guanidine groups is 1. The zero-order chi connectivity index (χ0) is 14.9. The van der Waals surface area contributed by atoms with E-state index < -0.39 is 0 Å². The average molecular weight is 308 g/mol. The van der Waals surface area contributed by atoms with Gasteiger partial charge in [-0.05, 0) is 57.1 Å². The van der Waals surface area contributed by atoms with Gasteiger partial charge >= 0.3 is 0 Å². The van der Waals surface area contributed by atoms with Crippen LogP contribution in [-0.2, 0) is 6.54 Å². The first-order chi connectivity index (χ1) is 10.3. The van der Waals surface area contributed by atoms with Gasteiger partial charge in [-0.2, -0.15) is 0 Å². The third-order valence-electron chi connectivity index (χ3n) is 3.86. The third-order valence-corrected chi connectivity index (χ3v) is 4.72. The second kappa shape index (κ2) is 9.05. The van der Waals surface area contributed by atoms with Crippen molar-refractivity contribution >= 4 is 17.3 Å². The molecule has 0 aliphatic carbocycles. The Hall–Kier alpha value is -1.07. The molecule has 0 radical (unpaired) electrons. The summed E-state index contributed by atoms with van der Waals surface area (Å²) in [6.45, 7) is 10.5. The van der Waals surface area contributed by atoms with Crippen LogP contribution in [0.5, 0.6) is 0 Å². The highest BCUT2D eigenvalue weighted by Crippen LogP contribution is 2.20. The predicted molar refractivity (Wildman–Crippen MR) is 92.0 cm³/mol. The van der Waals surface area contributed by atoms with Gasteiger partial charge in [0.1, 0.15) is 0 Å². The monoisotopic (exact) mass is 308 g/mol. The molecule has 21 heavy (non-hydrogen) atoms. The highest BCUT2D eigenvalue weighted by Gasteiger charge is 2.19. The molecular formula is C16H28N4S. The number of nitrogens with one attached hydrogen (secondary N) is 2. The van der Waals surface area contributed by atoms with E-state index in [-0.39, 0.29) is 0 Å². The second-order valence-electron chi connectivity index (χ2n) is 5.55. The van der Waals surface area contributed by atoms with Gasteiger partial charge in [0.2, 0.25) is 0 Å². The van der Waals surface area contributed by atoms with Crippen molar-refractivity contribution in [2.45, 2.75) is 33.2 Å². The van der Waals surface area contributed by atoms with Crippen LogP contribution >= 0.6 is 11.3 Å². The summed E-state index contributed by atoms with van der Waals surface area (Å²) in [4.78, 5) is 8.76. The first kappa shape index (κ1) is 16.3. The summed E-state index contributed by atoms with van der Waals surface area (Å²) in [7, 11) is 0. The quantitative estimate of drug-likeness (QED) is 0.627. The van der Waals surface area contributed by atoms with E-state index in [1.165, 1.54) is 30.8 Å². The summed E-state index contributed by atoms with van der Waals surface area (Å²) in [5.74, 6) is 1.69. The van der Waals surface area contributed by atoms with Gasteiger partial charge in [0, 0.05) is 31.1 Å². The van der Waals surface area contributed by atoms with Crippen LogP contribution in [0.4, 0.5) is 0 Å². The van der Waals surface area contributed by atoms with E-state index in [1.807, 2.05) is 11.3 Å². The zero-order valence-corrected chi connectivity index (χ0v) is 14.1. The van der Waals surface area contributed by atoms with Gasteiger partial charge in [-0.25, -0.2) is 0 Å². The average Bonchev–Trinajstić information content (AvgIpc) is 3.00. The van der Waals surface area contributed by atoms with E-state index >= 15 is 0 Å². The minimum atomic E-state index is 0.733. The van der Waals surface area contributed by atoms with E-state index in [9.17, 15) is 0 Å². The lowest BCUT2D eigenvalue weighted by molar-refractivity contribution is 0.182. The first-order valence-electron chi connectivity index (χ1n) is 8.08. The Labute approximate surface area is 132 Å². The lowest BCUT2D eigenvalue weighted by atomic mass is 9.97.